The van der Waals surface area contributed by atoms with Crippen molar-refractivity contribution < 1.29 is 13.9 Å². The summed E-state index contributed by atoms with van der Waals surface area (Å²) in [6.07, 6.45) is 1.57. The Hall–Kier alpha value is -2.99. The van der Waals surface area contributed by atoms with E-state index in [9.17, 15) is 9.18 Å². The van der Waals surface area contributed by atoms with Gasteiger partial charge in [0, 0.05) is 17.2 Å². The average molecular weight is 441 g/mol. The van der Waals surface area contributed by atoms with E-state index in [1.165, 1.54) is 6.07 Å². The van der Waals surface area contributed by atoms with Gasteiger partial charge in [0.2, 0.25) is 0 Å². The van der Waals surface area contributed by atoms with Crippen LogP contribution in [0.5, 0.6) is 5.75 Å². The van der Waals surface area contributed by atoms with Crippen LogP contribution < -0.4 is 10.1 Å². The predicted molar refractivity (Wildman–Crippen MR) is 112 cm³/mol. The standard InChI is InChI=1S/C22H18BrFN2O2/c23-18-8-11-21(20(24)12-18)25-13-17-6-9-19(10-7-17)28-15-22(27)26-14-16-4-2-1-3-5-16/h1-13H,14-15H2,(H,26,27). The van der Waals surface area contributed by atoms with Crippen molar-refractivity contribution in [3.05, 3.63) is 94.2 Å². The summed E-state index contributed by atoms with van der Waals surface area (Å²) in [5, 5.41) is 2.80. The van der Waals surface area contributed by atoms with E-state index in [1.54, 1.807) is 42.6 Å². The molecule has 3 aromatic rings. The Balaban J connectivity index is 1.48. The van der Waals surface area contributed by atoms with Crippen LogP contribution >= 0.6 is 15.9 Å². The second-order valence-electron chi connectivity index (χ2n) is 5.97. The first kappa shape index (κ1) is 19.8. The molecule has 0 bridgehead atoms. The molecule has 28 heavy (non-hydrogen) atoms. The van der Waals surface area contributed by atoms with Crippen molar-refractivity contribution in [2.45, 2.75) is 6.54 Å². The molecule has 0 atom stereocenters. The van der Waals surface area contributed by atoms with Gasteiger partial charge in [-0.3, -0.25) is 9.79 Å². The van der Waals surface area contributed by atoms with E-state index in [1.807, 2.05) is 30.3 Å². The molecule has 0 saturated carbocycles. The summed E-state index contributed by atoms with van der Waals surface area (Å²) < 4.78 is 19.9. The van der Waals surface area contributed by atoms with E-state index in [-0.39, 0.29) is 18.2 Å². The molecule has 0 fully saturated rings. The maximum absolute atomic E-state index is 13.8. The van der Waals surface area contributed by atoms with Crippen LogP contribution in [0.25, 0.3) is 0 Å². The van der Waals surface area contributed by atoms with Crippen molar-refractivity contribution in [2.75, 3.05) is 6.61 Å². The highest BCUT2D eigenvalue weighted by molar-refractivity contribution is 9.10. The monoisotopic (exact) mass is 440 g/mol. The molecule has 0 heterocycles. The quantitative estimate of drug-likeness (QED) is 0.523. The number of nitrogens with zero attached hydrogens (tertiary/aromatic N) is 1. The van der Waals surface area contributed by atoms with E-state index in [0.29, 0.717) is 16.8 Å². The topological polar surface area (TPSA) is 50.7 Å². The second-order valence-corrected chi connectivity index (χ2v) is 6.89. The third kappa shape index (κ3) is 6.03. The first-order chi connectivity index (χ1) is 13.6. The highest BCUT2D eigenvalue weighted by atomic mass is 79.9. The van der Waals surface area contributed by atoms with Gasteiger partial charge in [0.25, 0.3) is 5.91 Å². The molecule has 3 rings (SSSR count). The molecule has 0 saturated heterocycles. The van der Waals surface area contributed by atoms with E-state index in [2.05, 4.69) is 26.2 Å². The smallest absolute Gasteiger partial charge is 0.258 e. The van der Waals surface area contributed by atoms with Crippen LogP contribution in [0.1, 0.15) is 11.1 Å². The van der Waals surface area contributed by atoms with Crippen molar-refractivity contribution in [1.82, 2.24) is 5.32 Å². The molecule has 0 unspecified atom stereocenters. The number of halogens is 2. The molecular formula is C22H18BrFN2O2. The lowest BCUT2D eigenvalue weighted by atomic mass is 10.2. The Labute approximate surface area is 171 Å². The number of benzene rings is 3. The molecule has 0 aromatic heterocycles. The molecule has 0 radical (unpaired) electrons. The van der Waals surface area contributed by atoms with E-state index < -0.39 is 5.82 Å². The van der Waals surface area contributed by atoms with Crippen LogP contribution in [0.3, 0.4) is 0 Å². The molecule has 1 amide bonds. The number of carbonyl (C=O) groups is 1. The zero-order chi connectivity index (χ0) is 19.8. The number of aliphatic imine (C=N–C) groups is 1. The van der Waals surface area contributed by atoms with Crippen LogP contribution in [0.2, 0.25) is 0 Å². The number of carbonyl (C=O) groups excluding carboxylic acids is 1. The van der Waals surface area contributed by atoms with Gasteiger partial charge in [0.15, 0.2) is 6.61 Å². The molecule has 0 aliphatic heterocycles. The van der Waals surface area contributed by atoms with Crippen molar-refractivity contribution >= 4 is 33.7 Å². The highest BCUT2D eigenvalue weighted by Gasteiger charge is 2.03. The lowest BCUT2D eigenvalue weighted by Crippen LogP contribution is -2.28. The van der Waals surface area contributed by atoms with Gasteiger partial charge < -0.3 is 10.1 Å². The maximum Gasteiger partial charge on any atom is 0.258 e. The minimum absolute atomic E-state index is 0.0651. The van der Waals surface area contributed by atoms with Crippen molar-refractivity contribution in [3.63, 3.8) is 0 Å². The van der Waals surface area contributed by atoms with Gasteiger partial charge in [0.05, 0.1) is 5.69 Å². The molecule has 0 aliphatic carbocycles. The van der Waals surface area contributed by atoms with Gasteiger partial charge in [-0.05, 0) is 53.6 Å². The lowest BCUT2D eigenvalue weighted by Gasteiger charge is -2.08. The van der Waals surface area contributed by atoms with Crippen LogP contribution in [-0.2, 0) is 11.3 Å². The Morgan fingerprint density at radius 1 is 1.07 bits per heavy atom. The van der Waals surface area contributed by atoms with Gasteiger partial charge in [0.1, 0.15) is 11.6 Å². The Morgan fingerprint density at radius 2 is 1.82 bits per heavy atom. The fourth-order valence-electron chi connectivity index (χ4n) is 2.38. The largest absolute Gasteiger partial charge is 0.484 e. The fourth-order valence-corrected chi connectivity index (χ4v) is 2.71. The first-order valence-corrected chi connectivity index (χ1v) is 9.42. The molecular weight excluding hydrogens is 423 g/mol. The summed E-state index contributed by atoms with van der Waals surface area (Å²) in [6.45, 7) is 0.398. The predicted octanol–water partition coefficient (Wildman–Crippen LogP) is 5.03. The Morgan fingerprint density at radius 3 is 2.54 bits per heavy atom. The second kappa shape index (κ2) is 9.80. The molecule has 1 N–H and O–H groups in total. The SMILES string of the molecule is O=C(COc1ccc(C=Nc2ccc(Br)cc2F)cc1)NCc1ccccc1. The van der Waals surface area contributed by atoms with Gasteiger partial charge in [-0.25, -0.2) is 4.39 Å². The van der Waals surface area contributed by atoms with Gasteiger partial charge in [-0.2, -0.15) is 0 Å². The van der Waals surface area contributed by atoms with Gasteiger partial charge in [-0.1, -0.05) is 46.3 Å². The number of ether oxygens (including phenoxy) is 1. The van der Waals surface area contributed by atoms with Crippen LogP contribution in [0.4, 0.5) is 10.1 Å². The van der Waals surface area contributed by atoms with Gasteiger partial charge in [-0.15, -0.1) is 0 Å². The zero-order valence-corrected chi connectivity index (χ0v) is 16.5. The maximum atomic E-state index is 13.8. The lowest BCUT2D eigenvalue weighted by molar-refractivity contribution is -0.123. The molecule has 0 spiro atoms. The van der Waals surface area contributed by atoms with Crippen molar-refractivity contribution in [2.24, 2.45) is 4.99 Å². The highest BCUT2D eigenvalue weighted by Crippen LogP contribution is 2.22. The third-order valence-corrected chi connectivity index (χ3v) is 4.34. The average Bonchev–Trinajstić information content (AvgIpc) is 2.71. The third-order valence-electron chi connectivity index (χ3n) is 3.84. The minimum atomic E-state index is -0.396. The number of rotatable bonds is 7. The summed E-state index contributed by atoms with van der Waals surface area (Å²) in [6, 6.07) is 21.4. The summed E-state index contributed by atoms with van der Waals surface area (Å²) in [5.74, 6) is -0.0193. The number of hydrogen-bond acceptors (Lipinski definition) is 3. The minimum Gasteiger partial charge on any atom is -0.484 e. The van der Waals surface area contributed by atoms with Crippen molar-refractivity contribution in [1.29, 1.82) is 0 Å². The fraction of sp³-hybridized carbons (Fsp3) is 0.0909. The van der Waals surface area contributed by atoms with Crippen molar-refractivity contribution in [3.8, 4) is 5.75 Å². The molecule has 4 nitrogen and oxygen atoms in total. The number of nitrogens with one attached hydrogen (secondary N) is 1. The zero-order valence-electron chi connectivity index (χ0n) is 14.9. The van der Waals surface area contributed by atoms with Gasteiger partial charge >= 0.3 is 0 Å². The number of hydrogen-bond donors (Lipinski definition) is 1. The van der Waals surface area contributed by atoms with E-state index >= 15 is 0 Å². The normalized spacial score (nSPS) is 10.8. The number of amides is 1. The Bertz CT molecular complexity index is 960. The van der Waals surface area contributed by atoms with E-state index in [4.69, 9.17) is 4.74 Å². The van der Waals surface area contributed by atoms with Crippen LogP contribution in [0.15, 0.2) is 82.3 Å². The van der Waals surface area contributed by atoms with Crippen LogP contribution in [0, 0.1) is 5.82 Å². The summed E-state index contributed by atoms with van der Waals surface area (Å²) >= 11 is 3.21. The van der Waals surface area contributed by atoms with Crippen LogP contribution in [-0.4, -0.2) is 18.7 Å². The summed E-state index contributed by atoms with van der Waals surface area (Å²) in [7, 11) is 0. The molecule has 3 aromatic carbocycles. The first-order valence-electron chi connectivity index (χ1n) is 8.63. The summed E-state index contributed by atoms with van der Waals surface area (Å²) in [4.78, 5) is 16.0. The molecule has 6 heteroatoms. The molecule has 0 aliphatic rings. The Kier molecular flexibility index (Phi) is 6.92. The molecule has 142 valence electrons. The van der Waals surface area contributed by atoms with E-state index in [0.717, 1.165) is 11.1 Å². The summed E-state index contributed by atoms with van der Waals surface area (Å²) in [5.41, 5.74) is 2.09.